The predicted molar refractivity (Wildman–Crippen MR) is 105 cm³/mol. The molecule has 0 aliphatic heterocycles. The van der Waals surface area contributed by atoms with Crippen LogP contribution in [-0.2, 0) is 17.8 Å². The van der Waals surface area contributed by atoms with Gasteiger partial charge >= 0.3 is 63.3 Å². The fourth-order valence-electron chi connectivity index (χ4n) is 2.64. The van der Waals surface area contributed by atoms with Gasteiger partial charge < -0.3 is 24.6 Å². The number of rotatable bonds is 7. The van der Waals surface area contributed by atoms with E-state index in [4.69, 9.17) is 9.63 Å². The van der Waals surface area contributed by atoms with Gasteiger partial charge in [-0.05, 0) is 31.2 Å². The second-order valence-corrected chi connectivity index (χ2v) is 6.28. The van der Waals surface area contributed by atoms with Crippen LogP contribution in [0.15, 0.2) is 47.2 Å². The molecule has 0 spiro atoms. The Labute approximate surface area is 212 Å². The summed E-state index contributed by atoms with van der Waals surface area (Å²) >= 11 is 0. The Balaban J connectivity index is 0.00000320. The van der Waals surface area contributed by atoms with Gasteiger partial charge in [0.05, 0.1) is 12.1 Å². The third-order valence-corrected chi connectivity index (χ3v) is 4.17. The van der Waals surface area contributed by atoms with E-state index in [0.717, 1.165) is 0 Å². The van der Waals surface area contributed by atoms with Gasteiger partial charge in [0.25, 0.3) is 5.91 Å². The Kier molecular flexibility index (Phi) is 7.94. The number of aryl methyl sites for hydroxylation is 1. The van der Waals surface area contributed by atoms with Crippen LogP contribution in [0.3, 0.4) is 0 Å². The van der Waals surface area contributed by atoms with Crippen molar-refractivity contribution >= 4 is 68.9 Å². The second kappa shape index (κ2) is 9.84. The molecule has 0 radical (unpaired) electrons. The molecule has 0 saturated carbocycles. The topological polar surface area (TPSA) is 118 Å². The molecular weight excluding hydrogens is 427 g/mol. The minimum absolute atomic E-state index is 0. The van der Waals surface area contributed by atoms with Crippen LogP contribution in [-0.4, -0.2) is 89.1 Å². The summed E-state index contributed by atoms with van der Waals surface area (Å²) in [7, 11) is 0. The van der Waals surface area contributed by atoms with Crippen LogP contribution in [0.2, 0.25) is 0 Å². The zero-order chi connectivity index (χ0) is 21.2. The fourth-order valence-corrected chi connectivity index (χ4v) is 2.64. The number of alkyl halides is 2. The van der Waals surface area contributed by atoms with Crippen molar-refractivity contribution in [1.29, 1.82) is 0 Å². The summed E-state index contributed by atoms with van der Waals surface area (Å²) in [6.45, 7) is 2.14. The van der Waals surface area contributed by atoms with Crippen LogP contribution >= 0.6 is 0 Å². The first-order valence-electron chi connectivity index (χ1n) is 8.57. The van der Waals surface area contributed by atoms with Gasteiger partial charge in [0.15, 0.2) is 0 Å². The Morgan fingerprint density at radius 1 is 1.23 bits per heavy atom. The van der Waals surface area contributed by atoms with Gasteiger partial charge in [0.1, 0.15) is 22.8 Å². The molecule has 0 bridgehead atoms. The van der Waals surface area contributed by atoms with E-state index in [-0.39, 0.29) is 79.8 Å². The van der Waals surface area contributed by atoms with E-state index in [9.17, 15) is 23.5 Å². The third-order valence-electron chi connectivity index (χ3n) is 4.17. The van der Waals surface area contributed by atoms with Crippen molar-refractivity contribution in [2.45, 2.75) is 25.8 Å². The van der Waals surface area contributed by atoms with Crippen LogP contribution in [0.25, 0.3) is 11.3 Å². The molecule has 0 fully saturated rings. The summed E-state index contributed by atoms with van der Waals surface area (Å²) in [4.78, 5) is 23.3. The zero-order valence-electron chi connectivity index (χ0n) is 15.2. The van der Waals surface area contributed by atoms with Crippen LogP contribution in [0.4, 0.5) is 14.5 Å². The maximum atomic E-state index is 14.4. The van der Waals surface area contributed by atoms with Crippen LogP contribution in [0, 0.1) is 0 Å². The number of anilines is 1. The van der Waals surface area contributed by atoms with Gasteiger partial charge in [-0.3, -0.25) is 4.79 Å². The Morgan fingerprint density at radius 2 is 1.90 bits per heavy atom. The van der Waals surface area contributed by atoms with Gasteiger partial charge in [-0.1, -0.05) is 5.16 Å². The van der Waals surface area contributed by atoms with Crippen LogP contribution < -0.4 is 5.32 Å². The van der Waals surface area contributed by atoms with Crippen LogP contribution in [0.1, 0.15) is 23.0 Å². The first kappa shape index (κ1) is 24.2. The van der Waals surface area contributed by atoms with E-state index in [1.807, 2.05) is 5.32 Å². The first-order valence-corrected chi connectivity index (χ1v) is 8.57. The maximum absolute atomic E-state index is 14.4. The number of hydrogen-bond donors (Lipinski definition) is 3. The van der Waals surface area contributed by atoms with Crippen LogP contribution in [0.5, 0.6) is 5.75 Å². The monoisotopic (exact) mass is 445 g/mol. The zero-order valence-corrected chi connectivity index (χ0v) is 15.2. The third kappa shape index (κ3) is 5.55. The molecule has 3 aromatic rings. The van der Waals surface area contributed by atoms with Gasteiger partial charge in [0.2, 0.25) is 0 Å². The van der Waals surface area contributed by atoms with Gasteiger partial charge in [-0.15, -0.1) is 0 Å². The van der Waals surface area contributed by atoms with Crippen molar-refractivity contribution in [3.63, 3.8) is 0 Å². The van der Waals surface area contributed by atoms with Gasteiger partial charge in [0, 0.05) is 30.6 Å². The number of carbonyl (C=O) groups excluding carboxylic acids is 1. The number of benzene rings is 1. The van der Waals surface area contributed by atoms with E-state index in [1.165, 1.54) is 47.3 Å². The van der Waals surface area contributed by atoms with E-state index in [2.05, 4.69) is 5.16 Å². The number of phenols is 1. The Morgan fingerprint density at radius 3 is 2.50 bits per heavy atom. The molecule has 0 atom stereocenters. The number of aromatic hydroxyl groups is 1. The average Bonchev–Trinajstić information content (AvgIpc) is 3.29. The first-order chi connectivity index (χ1) is 13.7. The Hall–Kier alpha value is -2.05. The second-order valence-electron chi connectivity index (χ2n) is 6.28. The van der Waals surface area contributed by atoms with E-state index < -0.39 is 24.2 Å². The summed E-state index contributed by atoms with van der Waals surface area (Å²) in [5.41, 5.74) is 0.304. The molecule has 8 nitrogen and oxygen atoms in total. The Bertz CT molecular complexity index is 1050. The number of carboxylic acids is 1. The molecule has 2 aromatic heterocycles. The predicted octanol–water partition coefficient (Wildman–Crippen LogP) is 2.73. The molecule has 0 aliphatic rings. The molecule has 0 aliphatic carbocycles. The summed E-state index contributed by atoms with van der Waals surface area (Å²) in [5.74, 6) is -7.05. The SMILES string of the molecule is CCn1cc(NC(=O)C(F)(F)Cc2cc(-c3ccc(O)cc3)no2)c(C(=O)O)c1.[KH]. The molecule has 2 heterocycles. The molecule has 1 aromatic carbocycles. The number of nitrogens with one attached hydrogen (secondary N) is 1. The molecule has 30 heavy (non-hydrogen) atoms. The summed E-state index contributed by atoms with van der Waals surface area (Å²) < 4.78 is 35.1. The quantitative estimate of drug-likeness (QED) is 0.482. The van der Waals surface area contributed by atoms with E-state index in [1.54, 1.807) is 6.92 Å². The number of nitrogens with zero attached hydrogens (tertiary/aromatic N) is 2. The number of aromatic nitrogens is 2. The molecule has 154 valence electrons. The number of carbonyl (C=O) groups is 2. The molecule has 3 rings (SSSR count). The van der Waals surface area contributed by atoms with Crippen molar-refractivity contribution in [3.05, 3.63) is 54.0 Å². The number of phenolic OH excluding ortho intramolecular Hbond substituents is 1. The summed E-state index contributed by atoms with van der Waals surface area (Å²) in [6.07, 6.45) is 1.46. The number of hydrogen-bond acceptors (Lipinski definition) is 5. The molecule has 0 unspecified atom stereocenters. The standard InChI is InChI=1S/C19H17F2N3O5.K.H/c1-2-24-9-14(17(26)27)16(10-24)22-18(28)19(20,21)8-13-7-15(23-29-13)11-3-5-12(25)6-4-11;;/h3-7,9-10,25H,2,8H2,1H3,(H,22,28)(H,26,27);;. The minimum atomic E-state index is -3.87. The fraction of sp³-hybridized carbons (Fsp3) is 0.211. The number of carboxylic acid groups (broad SMARTS) is 1. The normalized spacial score (nSPS) is 11.0. The van der Waals surface area contributed by atoms with Gasteiger partial charge in [-0.2, -0.15) is 8.78 Å². The molecule has 3 N–H and O–H groups in total. The number of amides is 1. The van der Waals surface area contributed by atoms with Crippen molar-refractivity contribution in [1.82, 2.24) is 9.72 Å². The molecular formula is C19H18F2KN3O5. The van der Waals surface area contributed by atoms with Crippen molar-refractivity contribution in [3.8, 4) is 17.0 Å². The molecule has 11 heteroatoms. The average molecular weight is 445 g/mol. The number of halogens is 2. The van der Waals surface area contributed by atoms with Crippen molar-refractivity contribution < 1.29 is 33.1 Å². The van der Waals surface area contributed by atoms with E-state index in [0.29, 0.717) is 12.1 Å². The number of aromatic carboxylic acids is 1. The van der Waals surface area contributed by atoms with Gasteiger partial charge in [-0.25, -0.2) is 4.79 Å². The van der Waals surface area contributed by atoms with Crippen molar-refractivity contribution in [2.75, 3.05) is 5.32 Å². The molecule has 1 amide bonds. The summed E-state index contributed by atoms with van der Waals surface area (Å²) in [6, 6.07) is 7.16. The summed E-state index contributed by atoms with van der Waals surface area (Å²) in [5, 5.41) is 24.1. The van der Waals surface area contributed by atoms with Crippen molar-refractivity contribution in [2.24, 2.45) is 0 Å². The van der Waals surface area contributed by atoms with E-state index >= 15 is 0 Å². The molecule has 0 saturated heterocycles.